The number of aliphatic hydroxyl groups excluding tert-OH is 6. The predicted molar refractivity (Wildman–Crippen MR) is 106 cm³/mol. The summed E-state index contributed by atoms with van der Waals surface area (Å²) in [6.45, 7) is -1.40. The zero-order valence-electron chi connectivity index (χ0n) is 16.6. The molecule has 0 spiro atoms. The van der Waals surface area contributed by atoms with Crippen LogP contribution in [0.15, 0.2) is 40.3 Å². The van der Waals surface area contributed by atoms with Gasteiger partial charge in [-0.2, -0.15) is 0 Å². The summed E-state index contributed by atoms with van der Waals surface area (Å²) in [5.41, 5.74) is 7.63. The molecular formula is C18H25N3O10S. The minimum absolute atomic E-state index is 0.341. The fourth-order valence-electron chi connectivity index (χ4n) is 3.60. The van der Waals surface area contributed by atoms with E-state index >= 15 is 0 Å². The second-order valence-corrected chi connectivity index (χ2v) is 8.85. The van der Waals surface area contributed by atoms with Crippen molar-refractivity contribution >= 4 is 10.8 Å². The average Bonchev–Trinajstić information content (AvgIpc) is 2.81. The van der Waals surface area contributed by atoms with Crippen LogP contribution in [-0.4, -0.2) is 109 Å². The van der Waals surface area contributed by atoms with Crippen molar-refractivity contribution in [1.29, 1.82) is 0 Å². The van der Waals surface area contributed by atoms with Crippen LogP contribution in [0.4, 0.5) is 0 Å². The van der Waals surface area contributed by atoms with E-state index in [9.17, 15) is 34.8 Å². The quantitative estimate of drug-likeness (QED) is 0.141. The number of nitrogens with zero attached hydrogens (tertiary/aromatic N) is 3. The summed E-state index contributed by atoms with van der Waals surface area (Å²) in [6.07, 6.45) is -12.4. The van der Waals surface area contributed by atoms with Crippen molar-refractivity contribution in [3.8, 4) is 0 Å². The second kappa shape index (κ2) is 11.0. The SMILES string of the molecule is [N-]=[N+]=NC1C(O)C(OC2OC(CO)C(O)C(O)C2O)C(CO)OC1S(=O)c1ccccc1. The smallest absolute Gasteiger partial charge is 0.187 e. The summed E-state index contributed by atoms with van der Waals surface area (Å²) >= 11 is 0. The first-order chi connectivity index (χ1) is 15.3. The highest BCUT2D eigenvalue weighted by Crippen LogP contribution is 2.32. The zero-order chi connectivity index (χ0) is 23.4. The predicted octanol–water partition coefficient (Wildman–Crippen LogP) is -2.26. The van der Waals surface area contributed by atoms with E-state index in [1.165, 1.54) is 0 Å². The molecule has 0 saturated carbocycles. The summed E-state index contributed by atoms with van der Waals surface area (Å²) in [7, 11) is -1.89. The van der Waals surface area contributed by atoms with E-state index in [4.69, 9.17) is 19.7 Å². The van der Waals surface area contributed by atoms with Gasteiger partial charge in [-0.1, -0.05) is 23.3 Å². The molecule has 11 unspecified atom stereocenters. The maximum absolute atomic E-state index is 13.0. The first kappa shape index (κ1) is 25.0. The van der Waals surface area contributed by atoms with Gasteiger partial charge in [-0.3, -0.25) is 4.21 Å². The van der Waals surface area contributed by atoms with Crippen molar-refractivity contribution in [2.24, 2.45) is 5.11 Å². The third-order valence-corrected chi connectivity index (χ3v) is 6.88. The molecule has 2 heterocycles. The standard InChI is InChI=1S/C18H25N3O10S/c19-21-20-11-13(25)16(31-17-15(27)14(26)12(24)9(6-22)29-17)10(7-23)30-18(11)32(28)8-4-2-1-3-5-8/h1-5,9-18,22-27H,6-7H2. The second-order valence-electron chi connectivity index (χ2n) is 7.32. The molecule has 0 bridgehead atoms. The molecule has 1 aromatic rings. The van der Waals surface area contributed by atoms with Crippen LogP contribution in [-0.2, 0) is 25.0 Å². The number of benzene rings is 1. The van der Waals surface area contributed by atoms with Crippen molar-refractivity contribution in [1.82, 2.24) is 0 Å². The summed E-state index contributed by atoms with van der Waals surface area (Å²) in [5.74, 6) is 0. The van der Waals surface area contributed by atoms with Crippen LogP contribution >= 0.6 is 0 Å². The molecule has 1 aromatic carbocycles. The molecule has 0 radical (unpaired) electrons. The van der Waals surface area contributed by atoms with Crippen LogP contribution in [0.2, 0.25) is 0 Å². The molecule has 3 rings (SSSR count). The minimum atomic E-state index is -1.89. The Kier molecular flexibility index (Phi) is 8.55. The summed E-state index contributed by atoms with van der Waals surface area (Å²) in [4.78, 5) is 3.02. The van der Waals surface area contributed by atoms with Crippen LogP contribution < -0.4 is 0 Å². The van der Waals surface area contributed by atoms with E-state index in [1.54, 1.807) is 30.3 Å². The lowest BCUT2D eigenvalue weighted by atomic mass is 9.96. The third kappa shape index (κ3) is 4.95. The van der Waals surface area contributed by atoms with Crippen LogP contribution in [0.5, 0.6) is 0 Å². The van der Waals surface area contributed by atoms with Gasteiger partial charge < -0.3 is 44.8 Å². The molecule has 2 fully saturated rings. The van der Waals surface area contributed by atoms with Gasteiger partial charge in [-0.05, 0) is 17.7 Å². The summed E-state index contributed by atoms with van der Waals surface area (Å²) < 4.78 is 29.5. The maximum atomic E-state index is 13.0. The van der Waals surface area contributed by atoms with Crippen molar-refractivity contribution in [3.63, 3.8) is 0 Å². The Morgan fingerprint density at radius 3 is 2.22 bits per heavy atom. The van der Waals surface area contributed by atoms with Gasteiger partial charge >= 0.3 is 0 Å². The van der Waals surface area contributed by atoms with E-state index in [1.807, 2.05) is 0 Å². The normalized spacial score (nSPS) is 40.9. The molecule has 0 aliphatic carbocycles. The first-order valence-corrected chi connectivity index (χ1v) is 11.0. The maximum Gasteiger partial charge on any atom is 0.187 e. The van der Waals surface area contributed by atoms with Crippen LogP contribution in [0, 0.1) is 0 Å². The van der Waals surface area contributed by atoms with Gasteiger partial charge in [-0.15, -0.1) is 0 Å². The highest BCUT2D eigenvalue weighted by molar-refractivity contribution is 7.85. The first-order valence-electron chi connectivity index (χ1n) is 9.74. The Balaban J connectivity index is 1.85. The molecule has 2 aliphatic rings. The molecule has 178 valence electrons. The average molecular weight is 475 g/mol. The molecule has 13 nitrogen and oxygen atoms in total. The Morgan fingerprint density at radius 1 is 0.969 bits per heavy atom. The number of rotatable bonds is 7. The molecule has 32 heavy (non-hydrogen) atoms. The van der Waals surface area contributed by atoms with Crippen molar-refractivity contribution < 1.29 is 49.1 Å². The Bertz CT molecular complexity index is 826. The Labute approximate surface area is 184 Å². The fourth-order valence-corrected chi connectivity index (χ4v) is 5.01. The number of azide groups is 1. The number of hydrogen-bond acceptors (Lipinski definition) is 11. The van der Waals surface area contributed by atoms with E-state index in [2.05, 4.69) is 10.0 Å². The molecule has 14 heteroatoms. The monoisotopic (exact) mass is 475 g/mol. The minimum Gasteiger partial charge on any atom is -0.394 e. The van der Waals surface area contributed by atoms with Gasteiger partial charge in [0.25, 0.3) is 0 Å². The van der Waals surface area contributed by atoms with Gasteiger partial charge in [0.05, 0.1) is 30.1 Å². The number of hydrogen-bond donors (Lipinski definition) is 6. The van der Waals surface area contributed by atoms with E-state index in [0.717, 1.165) is 0 Å². The summed E-state index contributed by atoms with van der Waals surface area (Å²) in [5, 5.41) is 63.5. The van der Waals surface area contributed by atoms with E-state index in [-0.39, 0.29) is 0 Å². The molecule has 0 aromatic heterocycles. The molecule has 2 aliphatic heterocycles. The van der Waals surface area contributed by atoms with Crippen LogP contribution in [0.25, 0.3) is 10.4 Å². The number of aliphatic hydroxyl groups is 6. The largest absolute Gasteiger partial charge is 0.394 e. The van der Waals surface area contributed by atoms with Crippen LogP contribution in [0.1, 0.15) is 0 Å². The fraction of sp³-hybridized carbons (Fsp3) is 0.667. The van der Waals surface area contributed by atoms with Crippen molar-refractivity contribution in [2.45, 2.75) is 65.4 Å². The lowest BCUT2D eigenvalue weighted by Crippen LogP contribution is -2.64. The van der Waals surface area contributed by atoms with Gasteiger partial charge in [0.2, 0.25) is 0 Å². The molecule has 0 amide bonds. The Hall–Kier alpha value is -1.68. The number of ether oxygens (including phenoxy) is 3. The van der Waals surface area contributed by atoms with Gasteiger partial charge in [0, 0.05) is 9.81 Å². The molecule has 11 atom stereocenters. The van der Waals surface area contributed by atoms with Gasteiger partial charge in [0.1, 0.15) is 48.1 Å². The molecular weight excluding hydrogens is 450 g/mol. The summed E-state index contributed by atoms with van der Waals surface area (Å²) in [6, 6.07) is 6.71. The van der Waals surface area contributed by atoms with Gasteiger partial charge in [-0.25, -0.2) is 0 Å². The van der Waals surface area contributed by atoms with Crippen molar-refractivity contribution in [2.75, 3.05) is 13.2 Å². The highest BCUT2D eigenvalue weighted by Gasteiger charge is 2.51. The lowest BCUT2D eigenvalue weighted by molar-refractivity contribution is -0.333. The van der Waals surface area contributed by atoms with Crippen molar-refractivity contribution in [3.05, 3.63) is 40.8 Å². The van der Waals surface area contributed by atoms with Crippen LogP contribution in [0.3, 0.4) is 0 Å². The highest BCUT2D eigenvalue weighted by atomic mass is 32.2. The topological polar surface area (TPSA) is 215 Å². The third-order valence-electron chi connectivity index (χ3n) is 5.33. The zero-order valence-corrected chi connectivity index (χ0v) is 17.5. The van der Waals surface area contributed by atoms with E-state index in [0.29, 0.717) is 4.90 Å². The molecule has 2 saturated heterocycles. The lowest BCUT2D eigenvalue weighted by Gasteiger charge is -2.46. The Morgan fingerprint density at radius 2 is 1.62 bits per heavy atom. The van der Waals surface area contributed by atoms with E-state index < -0.39 is 84.5 Å². The van der Waals surface area contributed by atoms with Gasteiger partial charge in [0.15, 0.2) is 6.29 Å². The molecule has 6 N–H and O–H groups in total.